The predicted octanol–water partition coefficient (Wildman–Crippen LogP) is 3.77. The van der Waals surface area contributed by atoms with Gasteiger partial charge in [-0.25, -0.2) is 4.79 Å². The molecule has 0 radical (unpaired) electrons. The summed E-state index contributed by atoms with van der Waals surface area (Å²) in [6.07, 6.45) is 7.63. The molecular weight excluding hydrogens is 314 g/mol. The van der Waals surface area contributed by atoms with Crippen molar-refractivity contribution in [2.75, 3.05) is 14.2 Å². The maximum absolute atomic E-state index is 12.4. The number of methoxy groups -OCH3 is 1. The lowest BCUT2D eigenvalue weighted by Crippen LogP contribution is -2.42. The van der Waals surface area contributed by atoms with Crippen LogP contribution >= 0.6 is 0 Å². The van der Waals surface area contributed by atoms with Gasteiger partial charge in [0.1, 0.15) is 5.75 Å². The summed E-state index contributed by atoms with van der Waals surface area (Å²) >= 11 is 0. The van der Waals surface area contributed by atoms with Gasteiger partial charge in [-0.1, -0.05) is 19.1 Å². The third-order valence-electron chi connectivity index (χ3n) is 6.93. The van der Waals surface area contributed by atoms with E-state index in [-0.39, 0.29) is 11.4 Å². The van der Waals surface area contributed by atoms with Crippen LogP contribution in [0.5, 0.6) is 5.75 Å². The highest BCUT2D eigenvalue weighted by Crippen LogP contribution is 2.61. The molecule has 4 atom stereocenters. The monoisotopic (exact) mass is 341 g/mol. The van der Waals surface area contributed by atoms with E-state index in [4.69, 9.17) is 9.57 Å². The molecule has 1 fully saturated rings. The molecule has 0 heterocycles. The lowest BCUT2D eigenvalue weighted by atomic mass is 9.54. The zero-order valence-electron chi connectivity index (χ0n) is 15.3. The van der Waals surface area contributed by atoms with Crippen LogP contribution in [-0.2, 0) is 16.1 Å². The highest BCUT2D eigenvalue weighted by Gasteiger charge is 2.53. The molecule has 3 aliphatic carbocycles. The van der Waals surface area contributed by atoms with E-state index in [1.807, 2.05) is 0 Å². The Kier molecular flexibility index (Phi) is 4.11. The van der Waals surface area contributed by atoms with Crippen LogP contribution in [0.2, 0.25) is 0 Å². The third-order valence-corrected chi connectivity index (χ3v) is 6.93. The van der Waals surface area contributed by atoms with Gasteiger partial charge in [-0.05, 0) is 73.1 Å². The minimum absolute atomic E-state index is 0.0426. The Morgan fingerprint density at radius 1 is 1.32 bits per heavy atom. The van der Waals surface area contributed by atoms with Gasteiger partial charge in [0, 0.05) is 18.0 Å². The number of allylic oxidation sites excluding steroid dienone is 1. The molecule has 0 bridgehead atoms. The van der Waals surface area contributed by atoms with E-state index in [0.29, 0.717) is 17.8 Å². The molecular formula is C21H27NO3. The zero-order chi connectivity index (χ0) is 17.6. The van der Waals surface area contributed by atoms with Crippen molar-refractivity contribution in [3.63, 3.8) is 0 Å². The van der Waals surface area contributed by atoms with Crippen LogP contribution in [0, 0.1) is 17.3 Å². The van der Waals surface area contributed by atoms with Crippen molar-refractivity contribution in [3.05, 3.63) is 41.0 Å². The van der Waals surface area contributed by atoms with Crippen LogP contribution in [0.3, 0.4) is 0 Å². The van der Waals surface area contributed by atoms with Crippen molar-refractivity contribution >= 4 is 5.97 Å². The summed E-state index contributed by atoms with van der Waals surface area (Å²) in [6, 6.07) is 6.58. The lowest BCUT2D eigenvalue weighted by Gasteiger charge is -2.49. The Bertz CT molecular complexity index is 726. The maximum Gasteiger partial charge on any atom is 0.352 e. The van der Waals surface area contributed by atoms with Gasteiger partial charge in [0.15, 0.2) is 0 Å². The van der Waals surface area contributed by atoms with E-state index < -0.39 is 0 Å². The topological polar surface area (TPSA) is 47.6 Å². The van der Waals surface area contributed by atoms with Crippen LogP contribution in [0.4, 0.5) is 0 Å². The van der Waals surface area contributed by atoms with Crippen molar-refractivity contribution in [3.8, 4) is 5.75 Å². The highest BCUT2D eigenvalue weighted by molar-refractivity contribution is 5.90. The molecule has 3 aliphatic rings. The van der Waals surface area contributed by atoms with Gasteiger partial charge in [0.2, 0.25) is 0 Å². The van der Waals surface area contributed by atoms with Crippen molar-refractivity contribution in [1.82, 2.24) is 5.48 Å². The van der Waals surface area contributed by atoms with E-state index in [1.54, 1.807) is 14.2 Å². The third kappa shape index (κ3) is 2.50. The van der Waals surface area contributed by atoms with Crippen molar-refractivity contribution < 1.29 is 14.4 Å². The van der Waals surface area contributed by atoms with Crippen molar-refractivity contribution in [2.45, 2.75) is 44.9 Å². The second-order valence-corrected chi connectivity index (χ2v) is 7.88. The van der Waals surface area contributed by atoms with Crippen LogP contribution in [0.1, 0.15) is 49.7 Å². The molecule has 0 aliphatic heterocycles. The average Bonchev–Trinajstić information content (AvgIpc) is 2.98. The molecule has 0 unspecified atom stereocenters. The number of aryl methyl sites for hydroxylation is 1. The fourth-order valence-corrected chi connectivity index (χ4v) is 5.72. The minimum Gasteiger partial charge on any atom is -0.497 e. The van der Waals surface area contributed by atoms with Crippen LogP contribution < -0.4 is 10.2 Å². The van der Waals surface area contributed by atoms with Gasteiger partial charge in [0.05, 0.1) is 7.11 Å². The predicted molar refractivity (Wildman–Crippen MR) is 96.2 cm³/mol. The van der Waals surface area contributed by atoms with Crippen LogP contribution in [-0.4, -0.2) is 20.1 Å². The second kappa shape index (κ2) is 6.17. The summed E-state index contributed by atoms with van der Waals surface area (Å²) in [4.78, 5) is 17.5. The summed E-state index contributed by atoms with van der Waals surface area (Å²) in [7, 11) is 3.37. The summed E-state index contributed by atoms with van der Waals surface area (Å²) in [5.74, 6) is 2.56. The normalized spacial score (nSPS) is 32.9. The number of hydrogen-bond acceptors (Lipinski definition) is 4. The molecule has 0 spiro atoms. The molecule has 1 aromatic rings. The standard InChI is InChI=1S/C21H27NO3/c1-21-11-10-16-15-7-5-14(24-3)12-13(15)4-6-17(16)18(21)8-9-19(21)20(23)25-22-2/h5,7,9,12,16-18,22H,4,6,8,10-11H2,1-3H3/t16-,17-,18+,21+/m1/s1. The number of rotatable bonds is 3. The molecule has 4 nitrogen and oxygen atoms in total. The minimum atomic E-state index is -0.202. The molecule has 1 N–H and O–H groups in total. The molecule has 0 aromatic heterocycles. The number of benzene rings is 1. The van der Waals surface area contributed by atoms with Gasteiger partial charge in [-0.15, -0.1) is 0 Å². The summed E-state index contributed by atoms with van der Waals surface area (Å²) in [5.41, 5.74) is 6.33. The Hall–Kier alpha value is -1.81. The molecule has 4 heteroatoms. The smallest absolute Gasteiger partial charge is 0.352 e. The van der Waals surface area contributed by atoms with E-state index in [2.05, 4.69) is 36.7 Å². The maximum atomic E-state index is 12.4. The number of nitrogens with one attached hydrogen (secondary N) is 1. The number of carbonyl (C=O) groups is 1. The van der Waals surface area contributed by atoms with E-state index in [0.717, 1.165) is 37.0 Å². The SMILES string of the molecule is CNOC(=O)C1=CC[C@H]2[C@@H]3CCc4cc(OC)ccc4[C@H]3CC[C@]12C. The number of hydrogen-bond donors (Lipinski definition) is 1. The van der Waals surface area contributed by atoms with Crippen LogP contribution in [0.25, 0.3) is 0 Å². The van der Waals surface area contributed by atoms with Gasteiger partial charge in [0.25, 0.3) is 0 Å². The van der Waals surface area contributed by atoms with Crippen molar-refractivity contribution in [1.29, 1.82) is 0 Å². The van der Waals surface area contributed by atoms with E-state index in [1.165, 1.54) is 17.5 Å². The molecule has 0 saturated heterocycles. The number of hydroxylamine groups is 1. The summed E-state index contributed by atoms with van der Waals surface area (Å²) in [5, 5.41) is 0. The van der Waals surface area contributed by atoms with E-state index >= 15 is 0 Å². The second-order valence-electron chi connectivity index (χ2n) is 7.88. The van der Waals surface area contributed by atoms with Gasteiger partial charge < -0.3 is 9.57 Å². The zero-order valence-corrected chi connectivity index (χ0v) is 15.3. The lowest BCUT2D eigenvalue weighted by molar-refractivity contribution is -0.147. The quantitative estimate of drug-likeness (QED) is 0.850. The van der Waals surface area contributed by atoms with Gasteiger partial charge in [-0.2, -0.15) is 5.48 Å². The molecule has 4 rings (SSSR count). The number of ether oxygens (including phenoxy) is 1. The average molecular weight is 341 g/mol. The first-order chi connectivity index (χ1) is 12.1. The molecule has 1 aromatic carbocycles. The molecule has 0 amide bonds. The first kappa shape index (κ1) is 16.6. The van der Waals surface area contributed by atoms with Gasteiger partial charge >= 0.3 is 5.97 Å². The number of fused-ring (bicyclic) bond motifs is 5. The Morgan fingerprint density at radius 2 is 2.16 bits per heavy atom. The fraction of sp³-hybridized carbons (Fsp3) is 0.571. The first-order valence-electron chi connectivity index (χ1n) is 9.34. The Balaban J connectivity index is 1.62. The molecule has 1 saturated carbocycles. The Labute approximate surface area is 149 Å². The van der Waals surface area contributed by atoms with E-state index in [9.17, 15) is 4.79 Å². The molecule has 134 valence electrons. The Morgan fingerprint density at radius 3 is 2.92 bits per heavy atom. The largest absolute Gasteiger partial charge is 0.497 e. The summed E-state index contributed by atoms with van der Waals surface area (Å²) < 4.78 is 5.40. The molecule has 25 heavy (non-hydrogen) atoms. The fourth-order valence-electron chi connectivity index (χ4n) is 5.72. The number of carbonyl (C=O) groups excluding carboxylic acids is 1. The van der Waals surface area contributed by atoms with Crippen LogP contribution in [0.15, 0.2) is 29.8 Å². The summed E-state index contributed by atoms with van der Waals surface area (Å²) in [6.45, 7) is 2.27. The van der Waals surface area contributed by atoms with Gasteiger partial charge in [-0.3, -0.25) is 0 Å². The highest BCUT2D eigenvalue weighted by atomic mass is 16.7. The first-order valence-corrected chi connectivity index (χ1v) is 9.34. The van der Waals surface area contributed by atoms with Crippen molar-refractivity contribution in [2.24, 2.45) is 17.3 Å².